The van der Waals surface area contributed by atoms with Gasteiger partial charge in [0.25, 0.3) is 5.91 Å². The molecule has 0 aliphatic heterocycles. The number of para-hydroxylation sites is 2. The highest BCUT2D eigenvalue weighted by Crippen LogP contribution is 2.26. The molecule has 0 bridgehead atoms. The summed E-state index contributed by atoms with van der Waals surface area (Å²) in [5, 5.41) is 3.04. The van der Waals surface area contributed by atoms with Gasteiger partial charge in [0.15, 0.2) is 5.76 Å². The minimum atomic E-state index is -0.447. The van der Waals surface area contributed by atoms with Gasteiger partial charge in [0.2, 0.25) is 5.95 Å². The lowest BCUT2D eigenvalue weighted by atomic mass is 10.3. The van der Waals surface area contributed by atoms with Gasteiger partial charge in [-0.3, -0.25) is 10.1 Å². The van der Waals surface area contributed by atoms with E-state index in [4.69, 9.17) is 20.8 Å². The number of fused-ring (bicyclic) bond motifs is 1. The molecule has 2 aromatic carbocycles. The Morgan fingerprint density at radius 2 is 1.97 bits per heavy atom. The lowest BCUT2D eigenvalue weighted by molar-refractivity contribution is 0.0991. The van der Waals surface area contributed by atoms with E-state index in [-0.39, 0.29) is 17.4 Å². The number of hydrogen-bond donors (Lipinski definition) is 1. The van der Waals surface area contributed by atoms with E-state index in [0.29, 0.717) is 24.0 Å². The van der Waals surface area contributed by atoms with Crippen LogP contribution < -0.4 is 10.1 Å². The molecular weight excluding hydrogens is 459 g/mol. The molecule has 4 aromatic rings. The zero-order valence-electron chi connectivity index (χ0n) is 19.1. The van der Waals surface area contributed by atoms with E-state index in [0.717, 1.165) is 30.7 Å². The smallest absolute Gasteiger partial charge is 0.293 e. The van der Waals surface area contributed by atoms with Crippen molar-refractivity contribution in [2.75, 3.05) is 25.0 Å². The van der Waals surface area contributed by atoms with Crippen LogP contribution in [0.1, 0.15) is 30.2 Å². The fourth-order valence-corrected chi connectivity index (χ4v) is 3.88. The van der Waals surface area contributed by atoms with Crippen molar-refractivity contribution in [1.29, 1.82) is 0 Å². The third-order valence-electron chi connectivity index (χ3n) is 5.56. The minimum Gasteiger partial charge on any atom is -0.484 e. The number of carbonyl (C=O) groups excluding carboxylic acids is 1. The molecule has 0 aliphatic carbocycles. The number of likely N-dealkylation sites (N-methyl/N-ethyl adjacent to an activating group) is 1. The SMILES string of the molecule is CCN(CC)CCn1c(NC(=O)c2ccc(COc3ccc(F)cc3Cl)o2)nc2ccccc21. The predicted octanol–water partition coefficient (Wildman–Crippen LogP) is 5.59. The molecule has 0 aliphatic rings. The van der Waals surface area contributed by atoms with Crippen LogP contribution in [0.15, 0.2) is 59.0 Å². The van der Waals surface area contributed by atoms with Gasteiger partial charge >= 0.3 is 0 Å². The van der Waals surface area contributed by atoms with Crippen LogP contribution in [0.4, 0.5) is 10.3 Å². The number of ether oxygens (including phenoxy) is 1. The number of furan rings is 1. The quantitative estimate of drug-likeness (QED) is 0.317. The molecule has 0 fully saturated rings. The molecule has 178 valence electrons. The predicted molar refractivity (Wildman–Crippen MR) is 130 cm³/mol. The summed E-state index contributed by atoms with van der Waals surface area (Å²) in [4.78, 5) is 19.8. The number of anilines is 1. The number of benzene rings is 2. The van der Waals surface area contributed by atoms with Crippen LogP contribution in [0.3, 0.4) is 0 Å². The zero-order chi connectivity index (χ0) is 24.1. The van der Waals surface area contributed by atoms with E-state index in [1.807, 2.05) is 28.8 Å². The summed E-state index contributed by atoms with van der Waals surface area (Å²) in [5.41, 5.74) is 1.76. The largest absolute Gasteiger partial charge is 0.484 e. The van der Waals surface area contributed by atoms with Crippen molar-refractivity contribution in [1.82, 2.24) is 14.5 Å². The van der Waals surface area contributed by atoms with Gasteiger partial charge < -0.3 is 18.6 Å². The molecule has 0 unspecified atom stereocenters. The maximum atomic E-state index is 13.2. The second-order valence-corrected chi connectivity index (χ2v) is 8.09. The molecule has 34 heavy (non-hydrogen) atoms. The molecule has 7 nitrogen and oxygen atoms in total. The molecule has 0 spiro atoms. The number of halogens is 2. The normalized spacial score (nSPS) is 11.3. The van der Waals surface area contributed by atoms with E-state index in [1.165, 1.54) is 18.2 Å². The van der Waals surface area contributed by atoms with E-state index in [1.54, 1.807) is 12.1 Å². The van der Waals surface area contributed by atoms with E-state index in [9.17, 15) is 9.18 Å². The summed E-state index contributed by atoms with van der Waals surface area (Å²) in [7, 11) is 0. The number of hydrogen-bond acceptors (Lipinski definition) is 5. The number of nitrogens with zero attached hydrogens (tertiary/aromatic N) is 3. The lowest BCUT2D eigenvalue weighted by Crippen LogP contribution is -2.27. The van der Waals surface area contributed by atoms with Crippen LogP contribution in [0.5, 0.6) is 5.75 Å². The number of amides is 1. The molecular formula is C25H26ClFN4O3. The van der Waals surface area contributed by atoms with E-state index >= 15 is 0 Å². The van der Waals surface area contributed by atoms with Gasteiger partial charge in [0.1, 0.15) is 23.9 Å². The zero-order valence-corrected chi connectivity index (χ0v) is 19.8. The first kappa shape index (κ1) is 23.8. The van der Waals surface area contributed by atoms with Crippen LogP contribution in [-0.2, 0) is 13.2 Å². The molecule has 0 atom stereocenters. The molecule has 9 heteroatoms. The fourth-order valence-electron chi connectivity index (χ4n) is 3.66. The van der Waals surface area contributed by atoms with Crippen molar-refractivity contribution >= 4 is 34.5 Å². The Balaban J connectivity index is 1.47. The molecule has 0 radical (unpaired) electrons. The van der Waals surface area contributed by atoms with E-state index < -0.39 is 11.7 Å². The van der Waals surface area contributed by atoms with Gasteiger partial charge in [0.05, 0.1) is 16.1 Å². The topological polar surface area (TPSA) is 72.5 Å². The highest BCUT2D eigenvalue weighted by atomic mass is 35.5. The highest BCUT2D eigenvalue weighted by molar-refractivity contribution is 6.32. The molecule has 1 amide bonds. The molecule has 4 rings (SSSR count). The van der Waals surface area contributed by atoms with Gasteiger partial charge in [0, 0.05) is 13.1 Å². The molecule has 0 saturated heterocycles. The third-order valence-corrected chi connectivity index (χ3v) is 5.86. The summed E-state index contributed by atoms with van der Waals surface area (Å²) >= 11 is 5.98. The Hall–Kier alpha value is -3.36. The average molecular weight is 485 g/mol. The Kier molecular flexibility index (Phi) is 7.49. The van der Waals surface area contributed by atoms with Gasteiger partial charge in [-0.05, 0) is 55.6 Å². The number of aromatic nitrogens is 2. The molecule has 0 saturated carbocycles. The van der Waals surface area contributed by atoms with Crippen LogP contribution >= 0.6 is 11.6 Å². The monoisotopic (exact) mass is 484 g/mol. The second-order valence-electron chi connectivity index (χ2n) is 7.69. The van der Waals surface area contributed by atoms with Crippen LogP contribution in [0, 0.1) is 5.82 Å². The second kappa shape index (κ2) is 10.7. The first-order valence-electron chi connectivity index (χ1n) is 11.1. The number of rotatable bonds is 10. The van der Waals surface area contributed by atoms with Gasteiger partial charge in [-0.1, -0.05) is 37.6 Å². The Morgan fingerprint density at radius 3 is 2.74 bits per heavy atom. The minimum absolute atomic E-state index is 0.0427. The number of carbonyl (C=O) groups is 1. The average Bonchev–Trinajstić information content (AvgIpc) is 3.44. The maximum absolute atomic E-state index is 13.2. The Labute approximate surface area is 202 Å². The van der Waals surface area contributed by atoms with Crippen molar-refractivity contribution in [2.45, 2.75) is 27.0 Å². The van der Waals surface area contributed by atoms with E-state index in [2.05, 4.69) is 29.0 Å². The van der Waals surface area contributed by atoms with Gasteiger partial charge in [-0.25, -0.2) is 9.37 Å². The van der Waals surface area contributed by atoms with Crippen molar-refractivity contribution in [3.63, 3.8) is 0 Å². The Morgan fingerprint density at radius 1 is 1.18 bits per heavy atom. The lowest BCUT2D eigenvalue weighted by Gasteiger charge is -2.19. The standard InChI is InChI=1S/C25H26ClFN4O3/c1-3-30(4-2)13-14-31-21-8-6-5-7-20(21)28-25(31)29-24(32)23-12-10-18(34-23)16-33-22-11-9-17(27)15-19(22)26/h5-12,15H,3-4,13-14,16H2,1-2H3,(H,28,29,32). The van der Waals surface area contributed by atoms with Crippen LogP contribution in [0.25, 0.3) is 11.0 Å². The first-order chi connectivity index (χ1) is 16.5. The fraction of sp³-hybridized carbons (Fsp3) is 0.280. The highest BCUT2D eigenvalue weighted by Gasteiger charge is 2.18. The number of nitrogens with one attached hydrogen (secondary N) is 1. The first-order valence-corrected chi connectivity index (χ1v) is 11.5. The maximum Gasteiger partial charge on any atom is 0.293 e. The summed E-state index contributed by atoms with van der Waals surface area (Å²) in [6.45, 7) is 7.72. The van der Waals surface area contributed by atoms with Crippen LogP contribution in [0.2, 0.25) is 5.02 Å². The molecule has 1 N–H and O–H groups in total. The third kappa shape index (κ3) is 5.40. The van der Waals surface area contributed by atoms with Crippen LogP contribution in [-0.4, -0.2) is 40.0 Å². The summed E-state index contributed by atoms with van der Waals surface area (Å²) in [6, 6.07) is 14.9. The molecule has 2 heterocycles. The summed E-state index contributed by atoms with van der Waals surface area (Å²) < 4.78 is 26.4. The van der Waals surface area contributed by atoms with Gasteiger partial charge in [-0.15, -0.1) is 0 Å². The molecule has 2 aromatic heterocycles. The van der Waals surface area contributed by atoms with Gasteiger partial charge in [-0.2, -0.15) is 0 Å². The summed E-state index contributed by atoms with van der Waals surface area (Å²) in [5.74, 6) is 0.493. The number of imidazole rings is 1. The van der Waals surface area contributed by atoms with Crippen molar-refractivity contribution in [3.05, 3.63) is 77.0 Å². The van der Waals surface area contributed by atoms with Crippen molar-refractivity contribution in [2.24, 2.45) is 0 Å². The van der Waals surface area contributed by atoms with Crippen molar-refractivity contribution < 1.29 is 18.3 Å². The van der Waals surface area contributed by atoms with Crippen molar-refractivity contribution in [3.8, 4) is 5.75 Å². The Bertz CT molecular complexity index is 1280. The summed E-state index contributed by atoms with van der Waals surface area (Å²) in [6.07, 6.45) is 0.